The number of nitrogens with zero attached hydrogens (tertiary/aromatic N) is 1. The van der Waals surface area contributed by atoms with Crippen molar-refractivity contribution in [1.29, 1.82) is 0 Å². The molecule has 0 aromatic carbocycles. The summed E-state index contributed by atoms with van der Waals surface area (Å²) in [6, 6.07) is -0.622. The summed E-state index contributed by atoms with van der Waals surface area (Å²) >= 11 is 0. The van der Waals surface area contributed by atoms with Crippen LogP contribution < -0.4 is 0 Å². The average Bonchev–Trinajstić information content (AvgIpc) is 2.45. The van der Waals surface area contributed by atoms with Gasteiger partial charge in [0.15, 0.2) is 0 Å². The summed E-state index contributed by atoms with van der Waals surface area (Å²) in [5, 5.41) is 38.8. The molecule has 0 bridgehead atoms. The monoisotopic (exact) mass is 323 g/mol. The predicted molar refractivity (Wildman–Crippen MR) is 76.5 cm³/mol. The highest BCUT2D eigenvalue weighted by atomic mass is 19.3. The van der Waals surface area contributed by atoms with E-state index in [2.05, 4.69) is 0 Å². The van der Waals surface area contributed by atoms with E-state index in [9.17, 15) is 29.2 Å². The zero-order valence-electron chi connectivity index (χ0n) is 12.9. The molecule has 1 aliphatic heterocycles. The van der Waals surface area contributed by atoms with Crippen molar-refractivity contribution in [3.05, 3.63) is 0 Å². The Morgan fingerprint density at radius 3 is 2.14 bits per heavy atom. The van der Waals surface area contributed by atoms with E-state index in [4.69, 9.17) is 0 Å². The maximum atomic E-state index is 13.3. The summed E-state index contributed by atoms with van der Waals surface area (Å²) in [5.41, 5.74) is 0. The highest BCUT2D eigenvalue weighted by molar-refractivity contribution is 4.95. The molecule has 7 heteroatoms. The first kappa shape index (κ1) is 18.0. The van der Waals surface area contributed by atoms with Gasteiger partial charge in [0.2, 0.25) is 5.92 Å². The number of alkyl halides is 2. The lowest BCUT2D eigenvalue weighted by Gasteiger charge is -2.45. The molecular weight excluding hydrogens is 296 g/mol. The van der Waals surface area contributed by atoms with Gasteiger partial charge in [-0.1, -0.05) is 0 Å². The highest BCUT2D eigenvalue weighted by Crippen LogP contribution is 2.39. The SMILES string of the molecule is CC(F)(F)[C@H]1CC[C@H](CN2C[C@H](O)[C@@H](O)[C@H](O)[C@@H]2CO)CC1. The molecule has 130 valence electrons. The first-order valence-electron chi connectivity index (χ1n) is 8.01. The minimum absolute atomic E-state index is 0.174. The Morgan fingerprint density at radius 1 is 1.05 bits per heavy atom. The molecule has 5 nitrogen and oxygen atoms in total. The molecule has 0 amide bonds. The van der Waals surface area contributed by atoms with Crippen LogP contribution in [-0.4, -0.2) is 75.3 Å². The summed E-state index contributed by atoms with van der Waals surface area (Å²) in [6.45, 7) is 1.37. The molecule has 2 aliphatic rings. The summed E-state index contributed by atoms with van der Waals surface area (Å²) in [4.78, 5) is 1.77. The normalized spacial score (nSPS) is 41.6. The van der Waals surface area contributed by atoms with Gasteiger partial charge in [0.25, 0.3) is 0 Å². The van der Waals surface area contributed by atoms with Crippen molar-refractivity contribution in [2.75, 3.05) is 19.7 Å². The lowest BCUT2D eigenvalue weighted by atomic mass is 9.78. The van der Waals surface area contributed by atoms with Crippen LogP contribution >= 0.6 is 0 Å². The lowest BCUT2D eigenvalue weighted by molar-refractivity contribution is -0.148. The second-order valence-electron chi connectivity index (χ2n) is 6.93. The zero-order chi connectivity index (χ0) is 16.5. The van der Waals surface area contributed by atoms with Gasteiger partial charge < -0.3 is 20.4 Å². The van der Waals surface area contributed by atoms with Gasteiger partial charge >= 0.3 is 0 Å². The number of aliphatic hydroxyl groups excluding tert-OH is 4. The van der Waals surface area contributed by atoms with Gasteiger partial charge in [-0.15, -0.1) is 0 Å². The quantitative estimate of drug-likeness (QED) is 0.594. The van der Waals surface area contributed by atoms with Crippen LogP contribution in [0.15, 0.2) is 0 Å². The molecule has 1 heterocycles. The first-order chi connectivity index (χ1) is 10.2. The van der Waals surface area contributed by atoms with Crippen LogP contribution in [0.3, 0.4) is 0 Å². The highest BCUT2D eigenvalue weighted by Gasteiger charge is 2.42. The smallest absolute Gasteiger partial charge is 0.248 e. The van der Waals surface area contributed by atoms with Crippen molar-refractivity contribution in [1.82, 2.24) is 4.90 Å². The van der Waals surface area contributed by atoms with Crippen LogP contribution in [-0.2, 0) is 0 Å². The van der Waals surface area contributed by atoms with E-state index in [1.165, 1.54) is 0 Å². The van der Waals surface area contributed by atoms with Gasteiger partial charge in [-0.25, -0.2) is 8.78 Å². The zero-order valence-corrected chi connectivity index (χ0v) is 12.9. The van der Waals surface area contributed by atoms with E-state index in [0.717, 1.165) is 6.92 Å². The molecule has 2 rings (SSSR count). The molecule has 4 atom stereocenters. The molecule has 1 saturated heterocycles. The third kappa shape index (κ3) is 3.94. The van der Waals surface area contributed by atoms with Crippen molar-refractivity contribution in [2.45, 2.75) is 62.9 Å². The largest absolute Gasteiger partial charge is 0.395 e. The summed E-state index contributed by atoms with van der Waals surface area (Å²) < 4.78 is 26.6. The maximum Gasteiger partial charge on any atom is 0.248 e. The van der Waals surface area contributed by atoms with Gasteiger partial charge in [0, 0.05) is 19.0 Å². The van der Waals surface area contributed by atoms with Gasteiger partial charge in [-0.05, 0) is 38.5 Å². The van der Waals surface area contributed by atoms with E-state index >= 15 is 0 Å². The second kappa shape index (κ2) is 7.05. The van der Waals surface area contributed by atoms with Crippen molar-refractivity contribution in [2.24, 2.45) is 11.8 Å². The van der Waals surface area contributed by atoms with Crippen molar-refractivity contribution < 1.29 is 29.2 Å². The van der Waals surface area contributed by atoms with Crippen LogP contribution in [0.2, 0.25) is 0 Å². The molecule has 1 saturated carbocycles. The van der Waals surface area contributed by atoms with Crippen LogP contribution in [0.1, 0.15) is 32.6 Å². The van der Waals surface area contributed by atoms with E-state index in [0.29, 0.717) is 32.2 Å². The summed E-state index contributed by atoms with van der Waals surface area (Å²) in [5.74, 6) is -3.00. The Bertz CT molecular complexity index is 358. The van der Waals surface area contributed by atoms with Gasteiger partial charge in [0.1, 0.15) is 12.2 Å². The number of rotatable bonds is 4. The van der Waals surface area contributed by atoms with Gasteiger partial charge in [-0.2, -0.15) is 0 Å². The maximum absolute atomic E-state index is 13.3. The summed E-state index contributed by atoms with van der Waals surface area (Å²) in [6.07, 6.45) is -1.23. The fourth-order valence-corrected chi connectivity index (χ4v) is 3.77. The predicted octanol–water partition coefficient (Wildman–Crippen LogP) is 0.207. The molecule has 0 spiro atoms. The Morgan fingerprint density at radius 2 is 1.64 bits per heavy atom. The third-order valence-electron chi connectivity index (χ3n) is 5.27. The molecule has 2 fully saturated rings. The number of hydrogen-bond acceptors (Lipinski definition) is 5. The number of aliphatic hydroxyl groups is 4. The minimum Gasteiger partial charge on any atom is -0.395 e. The Balaban J connectivity index is 1.90. The van der Waals surface area contributed by atoms with E-state index in [-0.39, 0.29) is 19.1 Å². The Hall–Kier alpha value is -0.340. The molecule has 0 radical (unpaired) electrons. The summed E-state index contributed by atoms with van der Waals surface area (Å²) in [7, 11) is 0. The molecule has 0 aromatic heterocycles. The molecule has 4 N–H and O–H groups in total. The number of halogens is 2. The van der Waals surface area contributed by atoms with Crippen molar-refractivity contribution in [3.8, 4) is 0 Å². The fraction of sp³-hybridized carbons (Fsp3) is 1.00. The van der Waals surface area contributed by atoms with E-state index in [1.54, 1.807) is 4.90 Å². The van der Waals surface area contributed by atoms with Gasteiger partial charge in [0.05, 0.1) is 18.8 Å². The number of hydrogen-bond donors (Lipinski definition) is 4. The van der Waals surface area contributed by atoms with Crippen molar-refractivity contribution >= 4 is 0 Å². The van der Waals surface area contributed by atoms with E-state index in [1.807, 2.05) is 0 Å². The standard InChI is InChI=1S/C15H27F2NO4/c1-15(16,17)10-4-2-9(3-5-10)6-18-7-12(20)14(22)13(21)11(18)8-19/h9-14,19-22H,2-8H2,1H3/t9-,10-,11-,12-,13+,14+/m0/s1. The number of piperidine rings is 1. The number of likely N-dealkylation sites (tertiary alicyclic amines) is 1. The van der Waals surface area contributed by atoms with Crippen molar-refractivity contribution in [3.63, 3.8) is 0 Å². The molecule has 0 unspecified atom stereocenters. The first-order valence-corrected chi connectivity index (χ1v) is 8.01. The molecule has 22 heavy (non-hydrogen) atoms. The Kier molecular flexibility index (Phi) is 5.77. The van der Waals surface area contributed by atoms with Crippen LogP contribution in [0.25, 0.3) is 0 Å². The third-order valence-corrected chi connectivity index (χ3v) is 5.27. The average molecular weight is 323 g/mol. The van der Waals surface area contributed by atoms with Crippen LogP contribution in [0, 0.1) is 11.8 Å². The Labute approximate surface area is 129 Å². The fourth-order valence-electron chi connectivity index (χ4n) is 3.77. The molecule has 0 aromatic rings. The molecular formula is C15H27F2NO4. The lowest BCUT2D eigenvalue weighted by Crippen LogP contribution is -2.63. The topological polar surface area (TPSA) is 84.2 Å². The van der Waals surface area contributed by atoms with Crippen LogP contribution in [0.5, 0.6) is 0 Å². The van der Waals surface area contributed by atoms with E-state index < -0.39 is 36.2 Å². The van der Waals surface area contributed by atoms with Gasteiger partial charge in [-0.3, -0.25) is 4.90 Å². The second-order valence-corrected chi connectivity index (χ2v) is 6.93. The minimum atomic E-state index is -2.64. The van der Waals surface area contributed by atoms with Crippen LogP contribution in [0.4, 0.5) is 8.78 Å². The number of β-amino-alcohol motifs (C(OH)–C–C–N with tert-alkyl or cyclic N) is 1. The molecule has 1 aliphatic carbocycles.